The third-order valence-corrected chi connectivity index (χ3v) is 2.28. The molecule has 0 bridgehead atoms. The molecule has 0 radical (unpaired) electrons. The van der Waals surface area contributed by atoms with Gasteiger partial charge in [0, 0.05) is 5.56 Å². The highest BCUT2D eigenvalue weighted by molar-refractivity contribution is 5.90. The molecule has 0 aromatic heterocycles. The minimum atomic E-state index is -0.351. The van der Waals surface area contributed by atoms with Crippen molar-refractivity contribution in [3.63, 3.8) is 0 Å². The van der Waals surface area contributed by atoms with Crippen molar-refractivity contribution in [2.45, 2.75) is 0 Å². The molecule has 0 atom stereocenters. The number of hydrogen-bond acceptors (Lipinski definition) is 3. The number of carbonyl (C=O) groups excluding carboxylic acids is 2. The van der Waals surface area contributed by atoms with Crippen molar-refractivity contribution in [2.24, 2.45) is 0 Å². The van der Waals surface area contributed by atoms with Gasteiger partial charge in [0.2, 0.25) is 0 Å². The Hall–Kier alpha value is -1.20. The lowest BCUT2D eigenvalue weighted by molar-refractivity contribution is -0.870. The van der Waals surface area contributed by atoms with Gasteiger partial charge in [0.1, 0.15) is 19.4 Å². The summed E-state index contributed by atoms with van der Waals surface area (Å²) in [6.07, 6.45) is 0.742. The van der Waals surface area contributed by atoms with Crippen LogP contribution >= 0.6 is 0 Å². The van der Waals surface area contributed by atoms with E-state index in [1.165, 1.54) is 0 Å². The molecule has 0 saturated heterocycles. The van der Waals surface area contributed by atoms with Gasteiger partial charge in [-0.05, 0) is 12.1 Å². The number of esters is 1. The summed E-state index contributed by atoms with van der Waals surface area (Å²) in [5.74, 6) is -0.351. The van der Waals surface area contributed by atoms with Gasteiger partial charge in [-0.1, -0.05) is 12.1 Å². The van der Waals surface area contributed by atoms with E-state index in [2.05, 4.69) is 0 Å². The predicted octanol–water partition coefficient (Wildman–Crippen LogP) is -1.63. The zero-order valence-electron chi connectivity index (χ0n) is 10.9. The Morgan fingerprint density at radius 3 is 2.22 bits per heavy atom. The molecule has 0 amide bonds. The Balaban J connectivity index is 0.00000289. The van der Waals surface area contributed by atoms with Gasteiger partial charge in [-0.25, -0.2) is 4.79 Å². The van der Waals surface area contributed by atoms with Crippen LogP contribution < -0.4 is 17.0 Å². The largest absolute Gasteiger partial charge is 1.00 e. The van der Waals surface area contributed by atoms with E-state index in [0.717, 1.165) is 17.3 Å². The zero-order chi connectivity index (χ0) is 12.9. The lowest BCUT2D eigenvalue weighted by Crippen LogP contribution is -3.00. The molecule has 0 spiro atoms. The van der Waals surface area contributed by atoms with Crippen molar-refractivity contribution >= 4 is 12.3 Å². The first kappa shape index (κ1) is 16.8. The van der Waals surface area contributed by atoms with Gasteiger partial charge in [0.15, 0.2) is 0 Å². The molecule has 0 fully saturated rings. The third-order valence-electron chi connectivity index (χ3n) is 2.28. The van der Waals surface area contributed by atoms with Crippen LogP contribution in [0.25, 0.3) is 0 Å². The monoisotopic (exact) mass is 315 g/mol. The first-order valence-corrected chi connectivity index (χ1v) is 5.45. The number of hydrogen-bond donors (Lipinski definition) is 0. The molecular formula is C13H18BrNO3. The first-order valence-electron chi connectivity index (χ1n) is 5.45. The number of carbonyl (C=O) groups is 2. The van der Waals surface area contributed by atoms with Crippen molar-refractivity contribution in [1.82, 2.24) is 0 Å². The summed E-state index contributed by atoms with van der Waals surface area (Å²) in [6, 6.07) is 6.39. The molecule has 0 unspecified atom stereocenters. The lowest BCUT2D eigenvalue weighted by Gasteiger charge is -2.23. The molecule has 1 aromatic carbocycles. The lowest BCUT2D eigenvalue weighted by atomic mass is 10.1. The molecule has 100 valence electrons. The van der Waals surface area contributed by atoms with Gasteiger partial charge >= 0.3 is 5.97 Å². The van der Waals surface area contributed by atoms with E-state index < -0.39 is 0 Å². The Morgan fingerprint density at radius 2 is 1.78 bits per heavy atom. The molecule has 0 heterocycles. The average molecular weight is 316 g/mol. The van der Waals surface area contributed by atoms with Crippen molar-refractivity contribution in [2.75, 3.05) is 34.3 Å². The molecule has 0 aliphatic carbocycles. The fourth-order valence-electron chi connectivity index (χ4n) is 1.19. The molecule has 0 N–H and O–H groups in total. The number of rotatable bonds is 5. The Morgan fingerprint density at radius 1 is 1.22 bits per heavy atom. The van der Waals surface area contributed by atoms with Crippen molar-refractivity contribution in [3.8, 4) is 0 Å². The van der Waals surface area contributed by atoms with Crippen molar-refractivity contribution in [1.29, 1.82) is 0 Å². The maximum absolute atomic E-state index is 11.6. The number of likely N-dealkylation sites (N-methyl/N-ethyl adjacent to an activating group) is 1. The topological polar surface area (TPSA) is 43.4 Å². The number of halogens is 1. The highest BCUT2D eigenvalue weighted by atomic mass is 79.9. The van der Waals surface area contributed by atoms with Gasteiger partial charge in [-0.3, -0.25) is 4.79 Å². The summed E-state index contributed by atoms with van der Waals surface area (Å²) in [5, 5.41) is 0. The van der Waals surface area contributed by atoms with Gasteiger partial charge in [-0.15, -0.1) is 0 Å². The molecule has 1 rings (SSSR count). The van der Waals surface area contributed by atoms with Crippen LogP contribution in [0.4, 0.5) is 0 Å². The smallest absolute Gasteiger partial charge is 0.338 e. The molecule has 5 heteroatoms. The number of benzene rings is 1. The second-order valence-electron chi connectivity index (χ2n) is 4.89. The van der Waals surface area contributed by atoms with Crippen LogP contribution in [0, 0.1) is 0 Å². The predicted molar refractivity (Wildman–Crippen MR) is 65.0 cm³/mol. The van der Waals surface area contributed by atoms with Crippen LogP contribution in [0.3, 0.4) is 0 Å². The van der Waals surface area contributed by atoms with E-state index in [-0.39, 0.29) is 23.0 Å². The molecule has 0 aliphatic rings. The van der Waals surface area contributed by atoms with E-state index in [1.807, 2.05) is 21.1 Å². The molecule has 0 aliphatic heterocycles. The summed E-state index contributed by atoms with van der Waals surface area (Å²) in [6.45, 7) is 1.15. The molecule has 4 nitrogen and oxygen atoms in total. The first-order chi connectivity index (χ1) is 7.92. The normalized spacial score (nSPS) is 10.4. The Bertz CT molecular complexity index is 396. The number of quaternary nitrogens is 1. The van der Waals surface area contributed by atoms with Crippen LogP contribution in [-0.2, 0) is 4.74 Å². The number of ether oxygens (including phenoxy) is 1. The van der Waals surface area contributed by atoms with Crippen molar-refractivity contribution < 1.29 is 35.8 Å². The van der Waals surface area contributed by atoms with Crippen LogP contribution in [0.1, 0.15) is 20.7 Å². The van der Waals surface area contributed by atoms with Crippen LogP contribution in [0.5, 0.6) is 0 Å². The van der Waals surface area contributed by atoms with Gasteiger partial charge in [0.25, 0.3) is 0 Å². The minimum absolute atomic E-state index is 0. The van der Waals surface area contributed by atoms with Gasteiger partial charge in [0.05, 0.1) is 26.7 Å². The standard InChI is InChI=1S/C13H18NO3.BrH/c1-14(2,3)8-9-17-13(16)12-6-4-11(10-15)5-7-12;/h4-7,10H,8-9H2,1-3H3;1H/q+1;/p-1. The van der Waals surface area contributed by atoms with E-state index in [1.54, 1.807) is 24.3 Å². The summed E-state index contributed by atoms with van der Waals surface area (Å²) >= 11 is 0. The Labute approximate surface area is 118 Å². The maximum Gasteiger partial charge on any atom is 0.338 e. The number of aldehydes is 1. The third kappa shape index (κ3) is 5.93. The van der Waals surface area contributed by atoms with Gasteiger partial charge < -0.3 is 26.2 Å². The molecular weight excluding hydrogens is 298 g/mol. The quantitative estimate of drug-likeness (QED) is 0.372. The maximum atomic E-state index is 11.6. The number of nitrogens with zero attached hydrogens (tertiary/aromatic N) is 1. The summed E-state index contributed by atoms with van der Waals surface area (Å²) < 4.78 is 5.88. The SMILES string of the molecule is C[N+](C)(C)CCOC(=O)c1ccc(C=O)cc1.[Br-]. The minimum Gasteiger partial charge on any atom is -1.00 e. The molecule has 18 heavy (non-hydrogen) atoms. The highest BCUT2D eigenvalue weighted by Crippen LogP contribution is 2.04. The fraction of sp³-hybridized carbons (Fsp3) is 0.385. The summed E-state index contributed by atoms with van der Waals surface area (Å²) in [4.78, 5) is 22.1. The molecule has 0 saturated carbocycles. The average Bonchev–Trinajstić information content (AvgIpc) is 2.27. The summed E-state index contributed by atoms with van der Waals surface area (Å²) in [5.41, 5.74) is 1.02. The van der Waals surface area contributed by atoms with Crippen LogP contribution in [-0.4, -0.2) is 51.0 Å². The Kier molecular flexibility index (Phi) is 6.80. The van der Waals surface area contributed by atoms with E-state index >= 15 is 0 Å². The second kappa shape index (κ2) is 7.28. The van der Waals surface area contributed by atoms with E-state index in [0.29, 0.717) is 17.7 Å². The second-order valence-corrected chi connectivity index (χ2v) is 4.89. The van der Waals surface area contributed by atoms with Crippen molar-refractivity contribution in [3.05, 3.63) is 35.4 Å². The fourth-order valence-corrected chi connectivity index (χ4v) is 1.19. The van der Waals surface area contributed by atoms with Crippen LogP contribution in [0.15, 0.2) is 24.3 Å². The zero-order valence-corrected chi connectivity index (χ0v) is 12.4. The highest BCUT2D eigenvalue weighted by Gasteiger charge is 2.10. The molecule has 1 aromatic rings. The van der Waals surface area contributed by atoms with Gasteiger partial charge in [-0.2, -0.15) is 0 Å². The van der Waals surface area contributed by atoms with Crippen LogP contribution in [0.2, 0.25) is 0 Å². The summed E-state index contributed by atoms with van der Waals surface area (Å²) in [7, 11) is 6.10. The van der Waals surface area contributed by atoms with E-state index in [9.17, 15) is 9.59 Å². The van der Waals surface area contributed by atoms with E-state index in [4.69, 9.17) is 4.74 Å².